The van der Waals surface area contributed by atoms with Crippen LogP contribution in [0.5, 0.6) is 5.75 Å². The third-order valence-electron chi connectivity index (χ3n) is 5.49. The number of hydrogen-bond donors (Lipinski definition) is 1. The van der Waals surface area contributed by atoms with Crippen molar-refractivity contribution in [2.75, 3.05) is 49.5 Å². The summed E-state index contributed by atoms with van der Waals surface area (Å²) in [7, 11) is 0. The van der Waals surface area contributed by atoms with Crippen LogP contribution in [0.15, 0.2) is 36.4 Å². The van der Waals surface area contributed by atoms with Crippen LogP contribution in [0.25, 0.3) is 0 Å². The first kappa shape index (κ1) is 25.1. The average Bonchev–Trinajstić information content (AvgIpc) is 2.81. The summed E-state index contributed by atoms with van der Waals surface area (Å²) in [5.74, 6) is -0.442. The van der Waals surface area contributed by atoms with Gasteiger partial charge in [0.1, 0.15) is 5.75 Å². The first-order valence-corrected chi connectivity index (χ1v) is 11.8. The molecule has 1 aliphatic heterocycles. The first-order chi connectivity index (χ1) is 15.8. The van der Waals surface area contributed by atoms with Gasteiger partial charge in [-0.15, -0.1) is 0 Å². The monoisotopic (exact) mass is 493 g/mol. The molecule has 0 aliphatic carbocycles. The largest absolute Gasteiger partial charge is 0.479 e. The zero-order valence-corrected chi connectivity index (χ0v) is 20.6. The van der Waals surface area contributed by atoms with Gasteiger partial charge < -0.3 is 24.6 Å². The van der Waals surface area contributed by atoms with Gasteiger partial charge in [0.2, 0.25) is 0 Å². The standard InChI is InChI=1S/C24H29Cl2N3O4/c1-4-28-10-12-29(13-11-28)21-8-6-17(24(31)32-5-2)14-20(21)27-23(30)16(3)33-22-9-7-18(25)15-19(22)26/h6-9,14-16H,4-5,10-13H2,1-3H3,(H,27,30). The van der Waals surface area contributed by atoms with E-state index in [-0.39, 0.29) is 12.5 Å². The molecule has 1 aliphatic rings. The van der Waals surface area contributed by atoms with E-state index in [9.17, 15) is 9.59 Å². The summed E-state index contributed by atoms with van der Waals surface area (Å²) < 4.78 is 10.9. The molecule has 0 bridgehead atoms. The van der Waals surface area contributed by atoms with E-state index in [4.69, 9.17) is 32.7 Å². The molecule has 1 atom stereocenters. The molecule has 1 N–H and O–H groups in total. The van der Waals surface area contributed by atoms with Crippen LogP contribution in [-0.4, -0.2) is 62.2 Å². The predicted molar refractivity (Wildman–Crippen MR) is 132 cm³/mol. The lowest BCUT2D eigenvalue weighted by Crippen LogP contribution is -2.46. The number of carbonyl (C=O) groups excluding carboxylic acids is 2. The van der Waals surface area contributed by atoms with Crippen LogP contribution < -0.4 is 15.0 Å². The Kier molecular flexibility index (Phi) is 8.83. The second-order valence-corrected chi connectivity index (χ2v) is 8.54. The first-order valence-electron chi connectivity index (χ1n) is 11.0. The Morgan fingerprint density at radius 2 is 1.79 bits per heavy atom. The highest BCUT2D eigenvalue weighted by Gasteiger charge is 2.23. The number of esters is 1. The van der Waals surface area contributed by atoms with Crippen LogP contribution >= 0.6 is 23.2 Å². The molecule has 9 heteroatoms. The summed E-state index contributed by atoms with van der Waals surface area (Å²) in [6.45, 7) is 10.3. The van der Waals surface area contributed by atoms with Gasteiger partial charge in [-0.25, -0.2) is 4.79 Å². The molecule has 1 amide bonds. The van der Waals surface area contributed by atoms with Crippen molar-refractivity contribution in [2.45, 2.75) is 26.9 Å². The van der Waals surface area contributed by atoms with E-state index >= 15 is 0 Å². The lowest BCUT2D eigenvalue weighted by molar-refractivity contribution is -0.122. The molecule has 3 rings (SSSR count). The third kappa shape index (κ3) is 6.53. The summed E-state index contributed by atoms with van der Waals surface area (Å²) >= 11 is 12.1. The van der Waals surface area contributed by atoms with Crippen LogP contribution in [0.4, 0.5) is 11.4 Å². The molecule has 0 radical (unpaired) electrons. The van der Waals surface area contributed by atoms with Gasteiger partial charge in [-0.3, -0.25) is 4.79 Å². The molecular weight excluding hydrogens is 465 g/mol. The predicted octanol–water partition coefficient (Wildman–Crippen LogP) is 4.72. The van der Waals surface area contributed by atoms with Gasteiger partial charge in [0.25, 0.3) is 5.91 Å². The lowest BCUT2D eigenvalue weighted by atomic mass is 10.1. The van der Waals surface area contributed by atoms with Gasteiger partial charge in [0.05, 0.1) is 28.6 Å². The van der Waals surface area contributed by atoms with Crippen molar-refractivity contribution in [2.24, 2.45) is 0 Å². The average molecular weight is 494 g/mol. The van der Waals surface area contributed by atoms with Crippen molar-refractivity contribution < 1.29 is 19.1 Å². The van der Waals surface area contributed by atoms with E-state index in [0.717, 1.165) is 38.4 Å². The molecular formula is C24H29Cl2N3O4. The molecule has 2 aromatic carbocycles. The van der Waals surface area contributed by atoms with Crippen molar-refractivity contribution in [1.82, 2.24) is 4.90 Å². The molecule has 2 aromatic rings. The fourth-order valence-electron chi connectivity index (χ4n) is 3.61. The van der Waals surface area contributed by atoms with Gasteiger partial charge in [-0.05, 0) is 56.8 Å². The van der Waals surface area contributed by atoms with Gasteiger partial charge in [0.15, 0.2) is 6.10 Å². The highest BCUT2D eigenvalue weighted by molar-refractivity contribution is 6.35. The number of nitrogens with zero attached hydrogens (tertiary/aromatic N) is 2. The van der Waals surface area contributed by atoms with E-state index in [2.05, 4.69) is 22.0 Å². The second-order valence-electron chi connectivity index (χ2n) is 7.70. The molecule has 1 fully saturated rings. The maximum atomic E-state index is 13.0. The quantitative estimate of drug-likeness (QED) is 0.536. The minimum atomic E-state index is -0.834. The van der Waals surface area contributed by atoms with Crippen molar-refractivity contribution in [3.05, 3.63) is 52.0 Å². The number of carbonyl (C=O) groups is 2. The molecule has 1 saturated heterocycles. The molecule has 0 spiro atoms. The molecule has 7 nitrogen and oxygen atoms in total. The molecule has 0 saturated carbocycles. The number of benzene rings is 2. The fraction of sp³-hybridized carbons (Fsp3) is 0.417. The number of ether oxygens (including phenoxy) is 2. The van der Waals surface area contributed by atoms with Crippen molar-refractivity contribution in [3.63, 3.8) is 0 Å². The van der Waals surface area contributed by atoms with Gasteiger partial charge in [-0.1, -0.05) is 30.1 Å². The smallest absolute Gasteiger partial charge is 0.338 e. The van der Waals surface area contributed by atoms with Crippen molar-refractivity contribution >= 4 is 46.5 Å². The number of halogens is 2. The zero-order chi connectivity index (χ0) is 24.0. The summed E-state index contributed by atoms with van der Waals surface area (Å²) in [5, 5.41) is 3.73. The van der Waals surface area contributed by atoms with E-state index in [1.54, 1.807) is 44.2 Å². The molecule has 0 aromatic heterocycles. The minimum Gasteiger partial charge on any atom is -0.479 e. The molecule has 178 valence electrons. The topological polar surface area (TPSA) is 71.1 Å². The zero-order valence-electron chi connectivity index (χ0n) is 19.1. The normalized spacial score (nSPS) is 15.1. The van der Waals surface area contributed by atoms with E-state index in [0.29, 0.717) is 27.0 Å². The number of hydrogen-bond acceptors (Lipinski definition) is 6. The van der Waals surface area contributed by atoms with Crippen LogP contribution in [0.2, 0.25) is 10.0 Å². The van der Waals surface area contributed by atoms with E-state index < -0.39 is 12.1 Å². The van der Waals surface area contributed by atoms with E-state index in [1.165, 1.54) is 0 Å². The summed E-state index contributed by atoms with van der Waals surface area (Å²) in [5.41, 5.74) is 1.76. The van der Waals surface area contributed by atoms with Crippen molar-refractivity contribution in [3.8, 4) is 5.75 Å². The SMILES string of the molecule is CCOC(=O)c1ccc(N2CCN(CC)CC2)c(NC(=O)C(C)Oc2ccc(Cl)cc2Cl)c1. The number of amides is 1. The van der Waals surface area contributed by atoms with Gasteiger partial charge in [-0.2, -0.15) is 0 Å². The van der Waals surface area contributed by atoms with Crippen LogP contribution in [0.3, 0.4) is 0 Å². The number of rotatable bonds is 8. The highest BCUT2D eigenvalue weighted by atomic mass is 35.5. The summed E-state index contributed by atoms with van der Waals surface area (Å²) in [6.07, 6.45) is -0.834. The maximum Gasteiger partial charge on any atom is 0.338 e. The Bertz CT molecular complexity index is 994. The Labute approximate surface area is 204 Å². The lowest BCUT2D eigenvalue weighted by Gasteiger charge is -2.36. The van der Waals surface area contributed by atoms with Crippen LogP contribution in [-0.2, 0) is 9.53 Å². The second kappa shape index (κ2) is 11.6. The Hall–Kier alpha value is -2.48. The molecule has 1 heterocycles. The number of anilines is 2. The maximum absolute atomic E-state index is 13.0. The minimum absolute atomic E-state index is 0.272. The van der Waals surface area contributed by atoms with Gasteiger partial charge in [0, 0.05) is 31.2 Å². The summed E-state index contributed by atoms with van der Waals surface area (Å²) in [4.78, 5) is 29.8. The Morgan fingerprint density at radius 3 is 2.42 bits per heavy atom. The van der Waals surface area contributed by atoms with Crippen molar-refractivity contribution in [1.29, 1.82) is 0 Å². The van der Waals surface area contributed by atoms with Crippen LogP contribution in [0, 0.1) is 0 Å². The number of likely N-dealkylation sites (N-methyl/N-ethyl adjacent to an activating group) is 1. The van der Waals surface area contributed by atoms with E-state index in [1.807, 2.05) is 6.07 Å². The third-order valence-corrected chi connectivity index (χ3v) is 6.02. The fourth-order valence-corrected chi connectivity index (χ4v) is 4.06. The number of nitrogens with one attached hydrogen (secondary N) is 1. The number of piperazine rings is 1. The molecule has 1 unspecified atom stereocenters. The summed E-state index contributed by atoms with van der Waals surface area (Å²) in [6, 6.07) is 10.0. The highest BCUT2D eigenvalue weighted by Crippen LogP contribution is 2.31. The van der Waals surface area contributed by atoms with Crippen LogP contribution in [0.1, 0.15) is 31.1 Å². The molecule has 33 heavy (non-hydrogen) atoms. The Balaban J connectivity index is 1.81. The Morgan fingerprint density at radius 1 is 1.06 bits per heavy atom. The van der Waals surface area contributed by atoms with Gasteiger partial charge >= 0.3 is 5.97 Å².